The number of aliphatic hydroxyl groups excluding tert-OH is 1. The third-order valence-electron chi connectivity index (χ3n) is 6.03. The molecule has 15 heteroatoms. The molecule has 0 aliphatic carbocycles. The third-order valence-corrected chi connectivity index (χ3v) is 6.03. The number of carbonyl (C=O) groups excluding carboxylic acids is 5. The van der Waals surface area contributed by atoms with Gasteiger partial charge in [0.25, 0.3) is 0 Å². The topological polar surface area (TPSA) is 158 Å². The van der Waals surface area contributed by atoms with E-state index in [-0.39, 0.29) is 77.5 Å². The first-order chi connectivity index (χ1) is 19.0. The van der Waals surface area contributed by atoms with Crippen LogP contribution >= 0.6 is 0 Å². The van der Waals surface area contributed by atoms with Gasteiger partial charge in [-0.3, -0.25) is 14.6 Å². The van der Waals surface area contributed by atoms with E-state index in [0.717, 1.165) is 13.2 Å². The molecule has 0 aromatic rings. The Morgan fingerprint density at radius 1 is 0.837 bits per heavy atom. The van der Waals surface area contributed by atoms with Gasteiger partial charge in [0.2, 0.25) is 0 Å². The number of carbonyl (C=O) groups is 5. The predicted molar refractivity (Wildman–Crippen MR) is 154 cm³/mol. The molecule has 3 saturated heterocycles. The maximum atomic E-state index is 12.0. The minimum Gasteiger partial charge on any atom is -1.00 e. The zero-order valence-electron chi connectivity index (χ0n) is 28.3. The number of nitrogens with zero attached hydrogens (tertiary/aromatic N) is 2. The SMILES string of the molecule is C1CCOC1.COC(=O)[C@@H]1CC(=O)CCN1C(=O)OC(C)(C)C.COC(=O)[C@@H]1CC(O)CCN1C(=O)OC(C)(C)C.[B].[H-].[Na+]. The third kappa shape index (κ3) is 16.7. The van der Waals surface area contributed by atoms with Crippen LogP contribution in [0.4, 0.5) is 9.59 Å². The van der Waals surface area contributed by atoms with Crippen LogP contribution in [0.25, 0.3) is 0 Å². The summed E-state index contributed by atoms with van der Waals surface area (Å²) < 4.78 is 24.6. The largest absolute Gasteiger partial charge is 1.00 e. The molecular formula is C28H49BN2NaO11. The molecule has 0 saturated carbocycles. The number of likely N-dealkylation sites (tertiary alicyclic amines) is 2. The molecule has 3 aliphatic rings. The van der Waals surface area contributed by atoms with E-state index < -0.39 is 53.5 Å². The molecule has 241 valence electrons. The fourth-order valence-corrected chi connectivity index (χ4v) is 4.07. The molecule has 0 spiro atoms. The second-order valence-electron chi connectivity index (χ2n) is 11.9. The predicted octanol–water partition coefficient (Wildman–Crippen LogP) is -0.420. The van der Waals surface area contributed by atoms with Crippen molar-refractivity contribution in [2.24, 2.45) is 0 Å². The van der Waals surface area contributed by atoms with Gasteiger partial charge in [0, 0.05) is 54.0 Å². The van der Waals surface area contributed by atoms with Crippen molar-refractivity contribution in [3.05, 3.63) is 0 Å². The molecular weight excluding hydrogens is 574 g/mol. The number of methoxy groups -OCH3 is 2. The summed E-state index contributed by atoms with van der Waals surface area (Å²) in [6.07, 6.45) is 1.68. The first-order valence-electron chi connectivity index (χ1n) is 13.9. The standard InChI is InChI=1S/C12H21NO5.C12H19NO5.C4H8O.B.Na.H/c2*1-12(2,3)18-11(16)13-6-5-8(14)7-9(13)10(15)17-4;1-2-4-5-3-1;;;/h8-9,14H,5-7H2,1-4H3;9H,5-7H2,1-4H3;1-4H2;;;/q;;;;+1;-1/t8?,9-;9-;;;;/m00..../s1. The van der Waals surface area contributed by atoms with Gasteiger partial charge >= 0.3 is 53.7 Å². The molecule has 3 atom stereocenters. The van der Waals surface area contributed by atoms with Crippen molar-refractivity contribution in [2.45, 2.75) is 109 Å². The first kappa shape index (κ1) is 43.3. The van der Waals surface area contributed by atoms with Crippen LogP contribution in [0, 0.1) is 0 Å². The number of Topliss-reactive ketones (excluding diaryl/α,β-unsaturated/α-hetero) is 1. The van der Waals surface area contributed by atoms with Gasteiger partial charge < -0.3 is 30.2 Å². The minimum absolute atomic E-state index is 0. The van der Waals surface area contributed by atoms with Gasteiger partial charge in [-0.1, -0.05) is 0 Å². The number of rotatable bonds is 2. The van der Waals surface area contributed by atoms with Crippen molar-refractivity contribution < 1.29 is 83.7 Å². The summed E-state index contributed by atoms with van der Waals surface area (Å²) in [5.74, 6) is -1.17. The Balaban J connectivity index is -0.000000620. The summed E-state index contributed by atoms with van der Waals surface area (Å²) in [6.45, 7) is 13.0. The van der Waals surface area contributed by atoms with Crippen LogP contribution in [0.1, 0.15) is 81.5 Å². The zero-order chi connectivity index (χ0) is 31.4. The summed E-state index contributed by atoms with van der Waals surface area (Å²) in [4.78, 5) is 61.0. The number of esters is 2. The molecule has 0 aromatic heterocycles. The number of ketones is 1. The summed E-state index contributed by atoms with van der Waals surface area (Å²) in [7, 11) is 2.49. The van der Waals surface area contributed by atoms with Gasteiger partial charge in [-0.25, -0.2) is 19.2 Å². The van der Waals surface area contributed by atoms with Crippen LogP contribution < -0.4 is 29.6 Å². The van der Waals surface area contributed by atoms with Crippen molar-refractivity contribution >= 4 is 38.3 Å². The Bertz CT molecular complexity index is 903. The van der Waals surface area contributed by atoms with E-state index in [4.69, 9.17) is 14.2 Å². The van der Waals surface area contributed by atoms with Gasteiger partial charge in [-0.05, 0) is 60.8 Å². The van der Waals surface area contributed by atoms with E-state index in [9.17, 15) is 29.1 Å². The van der Waals surface area contributed by atoms with E-state index in [1.807, 2.05) is 0 Å². The van der Waals surface area contributed by atoms with Crippen LogP contribution in [0.15, 0.2) is 0 Å². The second-order valence-corrected chi connectivity index (χ2v) is 11.9. The quantitative estimate of drug-likeness (QED) is 0.242. The van der Waals surface area contributed by atoms with Crippen molar-refractivity contribution in [1.82, 2.24) is 9.80 Å². The molecule has 0 bridgehead atoms. The van der Waals surface area contributed by atoms with Crippen molar-refractivity contribution in [2.75, 3.05) is 40.5 Å². The Hall–Kier alpha value is -1.87. The summed E-state index contributed by atoms with van der Waals surface area (Å²) in [5.41, 5.74) is -1.26. The number of hydrogen-bond donors (Lipinski definition) is 1. The van der Waals surface area contributed by atoms with Gasteiger partial charge in [-0.2, -0.15) is 0 Å². The maximum Gasteiger partial charge on any atom is 1.00 e. The molecule has 13 nitrogen and oxygen atoms in total. The van der Waals surface area contributed by atoms with Crippen LogP contribution in [-0.4, -0.2) is 123 Å². The summed E-state index contributed by atoms with van der Waals surface area (Å²) >= 11 is 0. The molecule has 1 unspecified atom stereocenters. The molecule has 0 aromatic carbocycles. The zero-order valence-corrected chi connectivity index (χ0v) is 29.3. The van der Waals surface area contributed by atoms with E-state index in [1.54, 1.807) is 41.5 Å². The van der Waals surface area contributed by atoms with Gasteiger partial charge in [-0.15, -0.1) is 0 Å². The average Bonchev–Trinajstić information content (AvgIpc) is 3.46. The van der Waals surface area contributed by atoms with Gasteiger partial charge in [0.1, 0.15) is 29.1 Å². The molecule has 3 fully saturated rings. The normalized spacial score (nSPS) is 21.7. The smallest absolute Gasteiger partial charge is 1.00 e. The van der Waals surface area contributed by atoms with Crippen molar-refractivity contribution in [1.29, 1.82) is 0 Å². The summed E-state index contributed by atoms with van der Waals surface area (Å²) in [6, 6.07) is -1.64. The van der Waals surface area contributed by atoms with Crippen LogP contribution in [0.3, 0.4) is 0 Å². The maximum absolute atomic E-state index is 12.0. The Kier molecular flexibility index (Phi) is 20.3. The Labute approximate surface area is 280 Å². The molecule has 3 radical (unpaired) electrons. The molecule has 3 aliphatic heterocycles. The molecule has 2 amide bonds. The van der Waals surface area contributed by atoms with Crippen LogP contribution in [0.5, 0.6) is 0 Å². The average molecular weight is 624 g/mol. The number of hydrogen-bond acceptors (Lipinski definition) is 11. The number of piperidine rings is 2. The number of ether oxygens (including phenoxy) is 5. The number of aliphatic hydroxyl groups is 1. The van der Waals surface area contributed by atoms with E-state index in [1.165, 1.54) is 36.9 Å². The van der Waals surface area contributed by atoms with E-state index in [2.05, 4.69) is 9.47 Å². The molecule has 1 N–H and O–H groups in total. The van der Waals surface area contributed by atoms with Crippen molar-refractivity contribution in [3.63, 3.8) is 0 Å². The number of amides is 2. The van der Waals surface area contributed by atoms with Crippen LogP contribution in [-0.2, 0) is 38.1 Å². The van der Waals surface area contributed by atoms with Crippen LogP contribution in [0.2, 0.25) is 0 Å². The fraction of sp³-hybridized carbons (Fsp3) is 0.821. The minimum atomic E-state index is -0.869. The molecule has 3 heterocycles. The molecule has 3 rings (SSSR count). The van der Waals surface area contributed by atoms with Gasteiger partial charge in [0.05, 0.1) is 20.3 Å². The summed E-state index contributed by atoms with van der Waals surface area (Å²) in [5, 5.41) is 9.57. The molecule has 43 heavy (non-hydrogen) atoms. The Morgan fingerprint density at radius 2 is 1.28 bits per heavy atom. The van der Waals surface area contributed by atoms with Crippen molar-refractivity contribution in [3.8, 4) is 0 Å². The van der Waals surface area contributed by atoms with E-state index >= 15 is 0 Å². The fourth-order valence-electron chi connectivity index (χ4n) is 4.07. The van der Waals surface area contributed by atoms with E-state index in [0.29, 0.717) is 6.42 Å². The second kappa shape index (κ2) is 20.2. The van der Waals surface area contributed by atoms with Gasteiger partial charge in [0.15, 0.2) is 0 Å². The Morgan fingerprint density at radius 3 is 1.67 bits per heavy atom. The first-order valence-corrected chi connectivity index (χ1v) is 13.9. The monoisotopic (exact) mass is 623 g/mol.